The molecule has 0 saturated carbocycles. The number of carboxylic acid groups (broad SMARTS) is 1. The summed E-state index contributed by atoms with van der Waals surface area (Å²) in [7, 11) is 0. The normalized spacial score (nSPS) is 12.6. The summed E-state index contributed by atoms with van der Waals surface area (Å²) >= 11 is 3.26. The SMILES string of the molecule is CCc1cccc(C=CC(=O)O)c1C(=O)C(C)Br. The summed E-state index contributed by atoms with van der Waals surface area (Å²) in [5.74, 6) is -1.06. The van der Waals surface area contributed by atoms with Gasteiger partial charge in [-0.05, 0) is 30.5 Å². The Labute approximate surface area is 115 Å². The van der Waals surface area contributed by atoms with Crippen molar-refractivity contribution in [1.82, 2.24) is 0 Å². The average molecular weight is 311 g/mol. The first-order valence-corrected chi connectivity index (χ1v) is 6.60. The van der Waals surface area contributed by atoms with Crippen LogP contribution in [-0.2, 0) is 11.2 Å². The Morgan fingerprint density at radius 1 is 1.44 bits per heavy atom. The van der Waals surface area contributed by atoms with Crippen LogP contribution in [0, 0.1) is 0 Å². The van der Waals surface area contributed by atoms with E-state index in [1.807, 2.05) is 19.1 Å². The number of hydrogen-bond acceptors (Lipinski definition) is 2. The molecule has 0 radical (unpaired) electrons. The summed E-state index contributed by atoms with van der Waals surface area (Å²) in [4.78, 5) is 22.4. The molecule has 0 fully saturated rings. The minimum absolute atomic E-state index is 0.0301. The number of benzene rings is 1. The number of carbonyl (C=O) groups is 2. The zero-order chi connectivity index (χ0) is 13.7. The highest BCUT2D eigenvalue weighted by atomic mass is 79.9. The fraction of sp³-hybridized carbons (Fsp3) is 0.286. The van der Waals surface area contributed by atoms with Crippen molar-refractivity contribution in [3.05, 3.63) is 41.0 Å². The number of carboxylic acids is 1. The van der Waals surface area contributed by atoms with E-state index in [2.05, 4.69) is 15.9 Å². The van der Waals surface area contributed by atoms with Gasteiger partial charge in [0.15, 0.2) is 5.78 Å². The first-order valence-electron chi connectivity index (χ1n) is 5.68. The van der Waals surface area contributed by atoms with Gasteiger partial charge >= 0.3 is 5.97 Å². The lowest BCUT2D eigenvalue weighted by Crippen LogP contribution is -2.14. The van der Waals surface area contributed by atoms with Crippen LogP contribution < -0.4 is 0 Å². The molecule has 0 bridgehead atoms. The molecule has 1 atom stereocenters. The number of halogens is 1. The van der Waals surface area contributed by atoms with Crippen LogP contribution in [0.5, 0.6) is 0 Å². The van der Waals surface area contributed by atoms with E-state index >= 15 is 0 Å². The van der Waals surface area contributed by atoms with Crippen molar-refractivity contribution in [2.75, 3.05) is 0 Å². The van der Waals surface area contributed by atoms with Gasteiger partial charge in [0, 0.05) is 11.6 Å². The van der Waals surface area contributed by atoms with E-state index in [0.717, 1.165) is 18.1 Å². The van der Waals surface area contributed by atoms with E-state index in [0.29, 0.717) is 11.1 Å². The van der Waals surface area contributed by atoms with Gasteiger partial charge in [-0.15, -0.1) is 0 Å². The predicted octanol–water partition coefficient (Wildman–Crippen LogP) is 3.31. The second-order valence-corrected chi connectivity index (χ2v) is 5.26. The third-order valence-corrected chi connectivity index (χ3v) is 2.99. The lowest BCUT2D eigenvalue weighted by Gasteiger charge is -2.12. The molecule has 1 aromatic rings. The van der Waals surface area contributed by atoms with Crippen LogP contribution in [0.2, 0.25) is 0 Å². The van der Waals surface area contributed by atoms with Crippen molar-refractivity contribution in [1.29, 1.82) is 0 Å². The second-order valence-electron chi connectivity index (χ2n) is 3.89. The first-order chi connectivity index (χ1) is 8.47. The van der Waals surface area contributed by atoms with Gasteiger partial charge in [-0.1, -0.05) is 41.1 Å². The largest absolute Gasteiger partial charge is 0.478 e. The third kappa shape index (κ3) is 3.53. The number of ketones is 1. The van der Waals surface area contributed by atoms with Crippen LogP contribution in [-0.4, -0.2) is 21.7 Å². The number of aliphatic carboxylic acids is 1. The second kappa shape index (κ2) is 6.50. The summed E-state index contributed by atoms with van der Waals surface area (Å²) in [6.07, 6.45) is 3.24. The average Bonchev–Trinajstić information content (AvgIpc) is 2.34. The molecule has 0 heterocycles. The maximum absolute atomic E-state index is 12.2. The van der Waals surface area contributed by atoms with Crippen LogP contribution in [0.25, 0.3) is 6.08 Å². The lowest BCUT2D eigenvalue weighted by molar-refractivity contribution is -0.131. The molecule has 0 amide bonds. The van der Waals surface area contributed by atoms with Crippen LogP contribution in [0.3, 0.4) is 0 Å². The fourth-order valence-electron chi connectivity index (χ4n) is 1.71. The van der Waals surface area contributed by atoms with Gasteiger partial charge in [0.1, 0.15) is 0 Å². The summed E-state index contributed by atoms with van der Waals surface area (Å²) in [5.41, 5.74) is 2.17. The van der Waals surface area contributed by atoms with Crippen LogP contribution >= 0.6 is 15.9 Å². The Bertz CT molecular complexity index is 490. The molecular weight excluding hydrogens is 296 g/mol. The molecule has 1 N–H and O–H groups in total. The molecule has 1 rings (SSSR count). The number of carbonyl (C=O) groups excluding carboxylic acids is 1. The summed E-state index contributed by atoms with van der Waals surface area (Å²) in [6, 6.07) is 5.47. The molecule has 0 aliphatic rings. The highest BCUT2D eigenvalue weighted by Crippen LogP contribution is 2.21. The number of aryl methyl sites for hydroxylation is 1. The highest BCUT2D eigenvalue weighted by Gasteiger charge is 2.18. The number of alkyl halides is 1. The molecule has 1 aromatic carbocycles. The van der Waals surface area contributed by atoms with Crippen molar-refractivity contribution in [2.24, 2.45) is 0 Å². The topological polar surface area (TPSA) is 54.4 Å². The molecule has 0 saturated heterocycles. The van der Waals surface area contributed by atoms with Gasteiger partial charge in [-0.2, -0.15) is 0 Å². The Balaban J connectivity index is 3.33. The van der Waals surface area contributed by atoms with Crippen molar-refractivity contribution in [3.63, 3.8) is 0 Å². The summed E-state index contributed by atoms with van der Waals surface area (Å²) in [5, 5.41) is 8.66. The van der Waals surface area contributed by atoms with E-state index in [1.54, 1.807) is 13.0 Å². The molecule has 0 aromatic heterocycles. The van der Waals surface area contributed by atoms with E-state index in [-0.39, 0.29) is 10.6 Å². The molecule has 0 spiro atoms. The zero-order valence-electron chi connectivity index (χ0n) is 10.3. The first kappa shape index (κ1) is 14.6. The number of hydrogen-bond donors (Lipinski definition) is 1. The Kier molecular flexibility index (Phi) is 5.28. The van der Waals surface area contributed by atoms with Crippen LogP contribution in [0.1, 0.15) is 35.3 Å². The Hall–Kier alpha value is -1.42. The van der Waals surface area contributed by atoms with Gasteiger partial charge in [-0.3, -0.25) is 4.79 Å². The van der Waals surface area contributed by atoms with Crippen molar-refractivity contribution in [3.8, 4) is 0 Å². The van der Waals surface area contributed by atoms with Crippen molar-refractivity contribution < 1.29 is 14.7 Å². The van der Waals surface area contributed by atoms with Gasteiger partial charge in [0.2, 0.25) is 0 Å². The molecule has 18 heavy (non-hydrogen) atoms. The predicted molar refractivity (Wildman–Crippen MR) is 75.2 cm³/mol. The van der Waals surface area contributed by atoms with Crippen LogP contribution in [0.15, 0.2) is 24.3 Å². The van der Waals surface area contributed by atoms with Crippen molar-refractivity contribution >= 4 is 33.8 Å². The lowest BCUT2D eigenvalue weighted by atomic mass is 9.94. The minimum atomic E-state index is -1.03. The van der Waals surface area contributed by atoms with Gasteiger partial charge in [-0.25, -0.2) is 4.79 Å². The van der Waals surface area contributed by atoms with E-state index < -0.39 is 5.97 Å². The third-order valence-electron chi connectivity index (χ3n) is 2.58. The van der Waals surface area contributed by atoms with E-state index in [4.69, 9.17) is 5.11 Å². The Morgan fingerprint density at radius 3 is 2.61 bits per heavy atom. The van der Waals surface area contributed by atoms with Gasteiger partial charge < -0.3 is 5.11 Å². The van der Waals surface area contributed by atoms with E-state index in [1.165, 1.54) is 6.08 Å². The van der Waals surface area contributed by atoms with E-state index in [9.17, 15) is 9.59 Å². The molecule has 3 nitrogen and oxygen atoms in total. The smallest absolute Gasteiger partial charge is 0.328 e. The fourth-order valence-corrected chi connectivity index (χ4v) is 1.94. The molecule has 1 unspecified atom stereocenters. The quantitative estimate of drug-likeness (QED) is 0.515. The van der Waals surface area contributed by atoms with Crippen LogP contribution in [0.4, 0.5) is 0 Å². The summed E-state index contributed by atoms with van der Waals surface area (Å²) < 4.78 is 0. The zero-order valence-corrected chi connectivity index (χ0v) is 11.9. The van der Waals surface area contributed by atoms with Gasteiger partial charge in [0.25, 0.3) is 0 Å². The number of Topliss-reactive ketones (excluding diaryl/α,β-unsaturated/α-hetero) is 1. The van der Waals surface area contributed by atoms with Crippen molar-refractivity contribution in [2.45, 2.75) is 25.1 Å². The molecular formula is C14H15BrO3. The molecule has 96 valence electrons. The summed E-state index contributed by atoms with van der Waals surface area (Å²) in [6.45, 7) is 3.73. The number of rotatable bonds is 5. The molecule has 0 aliphatic carbocycles. The van der Waals surface area contributed by atoms with Gasteiger partial charge in [0.05, 0.1) is 4.83 Å². The maximum Gasteiger partial charge on any atom is 0.328 e. The standard InChI is InChI=1S/C14H15BrO3/c1-3-10-5-4-6-11(7-8-12(16)17)13(10)14(18)9(2)15/h4-9H,3H2,1-2H3,(H,16,17). The molecule has 4 heteroatoms. The molecule has 0 aliphatic heterocycles. The highest BCUT2D eigenvalue weighted by molar-refractivity contribution is 9.10. The maximum atomic E-state index is 12.2. The monoisotopic (exact) mass is 310 g/mol. The Morgan fingerprint density at radius 2 is 2.11 bits per heavy atom. The minimum Gasteiger partial charge on any atom is -0.478 e.